The first kappa shape index (κ1) is 27.6. The number of pyridine rings is 1. The second-order valence-corrected chi connectivity index (χ2v) is 9.05. The Labute approximate surface area is 227 Å². The van der Waals surface area contributed by atoms with Crippen molar-refractivity contribution in [3.63, 3.8) is 0 Å². The van der Waals surface area contributed by atoms with Crippen LogP contribution in [0.1, 0.15) is 51.7 Å². The highest BCUT2D eigenvalue weighted by Gasteiger charge is 2.32. The van der Waals surface area contributed by atoms with Crippen molar-refractivity contribution in [3.8, 4) is 17.6 Å². The molecule has 0 radical (unpaired) electrons. The van der Waals surface area contributed by atoms with Gasteiger partial charge in [0.2, 0.25) is 0 Å². The topological polar surface area (TPSA) is 106 Å². The van der Waals surface area contributed by atoms with Crippen molar-refractivity contribution in [1.29, 1.82) is 5.26 Å². The fraction of sp³-hybridized carbons (Fsp3) is 0.222. The van der Waals surface area contributed by atoms with Gasteiger partial charge in [0.15, 0.2) is 11.6 Å². The molecular formula is C27H22ClF3N6O2. The zero-order valence-corrected chi connectivity index (χ0v) is 21.6. The van der Waals surface area contributed by atoms with Crippen LogP contribution in [-0.2, 0) is 12.6 Å². The third-order valence-electron chi connectivity index (χ3n) is 5.64. The largest absolute Gasteiger partial charge is 0.493 e. The predicted molar refractivity (Wildman–Crippen MR) is 137 cm³/mol. The number of alkyl halides is 3. The number of hydrogen-bond acceptors (Lipinski definition) is 6. The summed E-state index contributed by atoms with van der Waals surface area (Å²) in [5.41, 5.74) is 0.0195. The van der Waals surface area contributed by atoms with Crippen LogP contribution < -0.4 is 10.1 Å². The zero-order valence-electron chi connectivity index (χ0n) is 20.8. The molecule has 39 heavy (non-hydrogen) atoms. The van der Waals surface area contributed by atoms with Gasteiger partial charge in [-0.15, -0.1) is 5.10 Å². The summed E-state index contributed by atoms with van der Waals surface area (Å²) in [4.78, 5) is 21.6. The second kappa shape index (κ2) is 11.5. The van der Waals surface area contributed by atoms with E-state index in [2.05, 4.69) is 20.4 Å². The molecule has 4 rings (SSSR count). The van der Waals surface area contributed by atoms with Crippen LogP contribution in [0.2, 0.25) is 5.02 Å². The predicted octanol–water partition coefficient (Wildman–Crippen LogP) is 5.63. The van der Waals surface area contributed by atoms with Gasteiger partial charge in [-0.2, -0.15) is 23.1 Å². The lowest BCUT2D eigenvalue weighted by Gasteiger charge is -2.16. The summed E-state index contributed by atoms with van der Waals surface area (Å²) in [7, 11) is 0. The van der Waals surface area contributed by atoms with Crippen LogP contribution in [0.25, 0.3) is 5.82 Å². The molecule has 12 heteroatoms. The number of nitrogens with zero attached hydrogens (tertiary/aromatic N) is 5. The first-order valence-electron chi connectivity index (χ1n) is 11.7. The van der Waals surface area contributed by atoms with E-state index >= 15 is 0 Å². The Morgan fingerprint density at radius 3 is 2.56 bits per heavy atom. The van der Waals surface area contributed by atoms with Crippen LogP contribution in [0.3, 0.4) is 0 Å². The van der Waals surface area contributed by atoms with Crippen LogP contribution in [0, 0.1) is 18.3 Å². The van der Waals surface area contributed by atoms with Crippen molar-refractivity contribution in [2.45, 2.75) is 32.5 Å². The van der Waals surface area contributed by atoms with Crippen LogP contribution in [0.15, 0.2) is 60.8 Å². The van der Waals surface area contributed by atoms with Crippen molar-refractivity contribution in [3.05, 3.63) is 99.7 Å². The van der Waals surface area contributed by atoms with Crippen molar-refractivity contribution in [2.75, 3.05) is 6.61 Å². The van der Waals surface area contributed by atoms with Crippen LogP contribution in [-0.4, -0.2) is 32.3 Å². The molecule has 0 unspecified atom stereocenters. The van der Waals surface area contributed by atoms with E-state index < -0.39 is 23.7 Å². The third-order valence-corrected chi connectivity index (χ3v) is 5.89. The van der Waals surface area contributed by atoms with Gasteiger partial charge in [-0.05, 0) is 61.9 Å². The molecule has 1 N–H and O–H groups in total. The molecule has 0 bridgehead atoms. The normalized spacial score (nSPS) is 12.0. The van der Waals surface area contributed by atoms with Gasteiger partial charge < -0.3 is 10.1 Å². The number of halogens is 4. The SMILES string of the molecule is Cc1nc([C@H](C)NC(=O)c2cc(OCCc3ccc(Cl)cc3)cc(C(F)(F)F)c2)n(-c2ccc(C#N)cn2)n1. The minimum Gasteiger partial charge on any atom is -0.493 e. The highest BCUT2D eigenvalue weighted by molar-refractivity contribution is 6.30. The number of amides is 1. The zero-order chi connectivity index (χ0) is 28.2. The number of ether oxygens (including phenoxy) is 1. The molecule has 0 aliphatic rings. The standard InChI is InChI=1S/C27H22ClF3N6O2/c1-16(25-35-17(2)36-37(25)24-8-5-19(14-32)15-33-24)34-26(38)20-11-21(27(29,30)31)13-23(12-20)39-10-9-18-3-6-22(28)7-4-18/h3-8,11-13,15-16H,9-10H2,1-2H3,(H,34,38)/t16-/m0/s1. The van der Waals surface area contributed by atoms with E-state index in [1.54, 1.807) is 50.2 Å². The minimum atomic E-state index is -4.69. The average molecular weight is 555 g/mol. The number of hydrogen-bond donors (Lipinski definition) is 1. The Morgan fingerprint density at radius 1 is 1.18 bits per heavy atom. The van der Waals surface area contributed by atoms with E-state index in [0.29, 0.717) is 34.5 Å². The molecule has 1 amide bonds. The number of aromatic nitrogens is 4. The number of nitrogens with one attached hydrogen (secondary N) is 1. The molecule has 0 fully saturated rings. The maximum atomic E-state index is 13.6. The lowest BCUT2D eigenvalue weighted by atomic mass is 10.1. The van der Waals surface area contributed by atoms with E-state index in [0.717, 1.165) is 17.7 Å². The van der Waals surface area contributed by atoms with Gasteiger partial charge >= 0.3 is 6.18 Å². The Bertz CT molecular complexity index is 1510. The fourth-order valence-corrected chi connectivity index (χ4v) is 3.84. The van der Waals surface area contributed by atoms with Crippen LogP contribution >= 0.6 is 11.6 Å². The van der Waals surface area contributed by atoms with E-state index in [-0.39, 0.29) is 17.9 Å². The molecule has 2 aromatic carbocycles. The molecule has 1 atom stereocenters. The molecule has 0 saturated carbocycles. The number of rotatable bonds is 8. The number of carbonyl (C=O) groups excluding carboxylic acids is 1. The summed E-state index contributed by atoms with van der Waals surface area (Å²) in [6.07, 6.45) is -2.88. The number of aryl methyl sites for hydroxylation is 1. The Morgan fingerprint density at radius 2 is 1.92 bits per heavy atom. The Kier molecular flexibility index (Phi) is 8.16. The van der Waals surface area contributed by atoms with Gasteiger partial charge in [0.05, 0.1) is 23.8 Å². The molecule has 4 aromatic rings. The van der Waals surface area contributed by atoms with Gasteiger partial charge in [0, 0.05) is 23.2 Å². The quantitative estimate of drug-likeness (QED) is 0.303. The monoisotopic (exact) mass is 554 g/mol. The molecule has 0 saturated heterocycles. The highest BCUT2D eigenvalue weighted by Crippen LogP contribution is 2.33. The van der Waals surface area contributed by atoms with Crippen molar-refractivity contribution < 1.29 is 22.7 Å². The van der Waals surface area contributed by atoms with Crippen LogP contribution in [0.5, 0.6) is 5.75 Å². The van der Waals surface area contributed by atoms with Crippen molar-refractivity contribution in [1.82, 2.24) is 25.1 Å². The van der Waals surface area contributed by atoms with E-state index in [4.69, 9.17) is 21.6 Å². The van der Waals surface area contributed by atoms with Gasteiger partial charge in [0.25, 0.3) is 5.91 Å². The average Bonchev–Trinajstić information content (AvgIpc) is 3.31. The molecule has 200 valence electrons. The fourth-order valence-electron chi connectivity index (χ4n) is 3.72. The smallest absolute Gasteiger partial charge is 0.416 e. The van der Waals surface area contributed by atoms with E-state index in [1.165, 1.54) is 16.9 Å². The second-order valence-electron chi connectivity index (χ2n) is 8.61. The van der Waals surface area contributed by atoms with Crippen molar-refractivity contribution in [2.24, 2.45) is 0 Å². The highest BCUT2D eigenvalue weighted by atomic mass is 35.5. The van der Waals surface area contributed by atoms with Crippen LogP contribution in [0.4, 0.5) is 13.2 Å². The first-order valence-corrected chi connectivity index (χ1v) is 12.1. The maximum Gasteiger partial charge on any atom is 0.416 e. The lowest BCUT2D eigenvalue weighted by Crippen LogP contribution is -2.29. The van der Waals surface area contributed by atoms with E-state index in [1.807, 2.05) is 6.07 Å². The van der Waals surface area contributed by atoms with E-state index in [9.17, 15) is 18.0 Å². The summed E-state index contributed by atoms with van der Waals surface area (Å²) < 4.78 is 47.8. The van der Waals surface area contributed by atoms with Gasteiger partial charge in [-0.1, -0.05) is 23.7 Å². The molecule has 0 aliphatic heterocycles. The summed E-state index contributed by atoms with van der Waals surface area (Å²) in [6.45, 7) is 3.37. The van der Waals surface area contributed by atoms with Crippen molar-refractivity contribution >= 4 is 17.5 Å². The Hall–Kier alpha value is -4.43. The summed E-state index contributed by atoms with van der Waals surface area (Å²) in [6, 6.07) is 14.3. The first-order chi connectivity index (χ1) is 18.5. The molecular weight excluding hydrogens is 533 g/mol. The molecule has 2 aromatic heterocycles. The lowest BCUT2D eigenvalue weighted by molar-refractivity contribution is -0.137. The van der Waals surface area contributed by atoms with Gasteiger partial charge in [0.1, 0.15) is 17.6 Å². The summed E-state index contributed by atoms with van der Waals surface area (Å²) in [5.74, 6) is 0.229. The molecule has 0 spiro atoms. The third kappa shape index (κ3) is 6.91. The minimum absolute atomic E-state index is 0.0858. The number of carbonyl (C=O) groups is 1. The maximum absolute atomic E-state index is 13.6. The summed E-state index contributed by atoms with van der Waals surface area (Å²) in [5, 5.41) is 16.5. The number of nitriles is 1. The Balaban J connectivity index is 1.53. The molecule has 2 heterocycles. The molecule has 8 nitrogen and oxygen atoms in total. The number of benzene rings is 2. The molecule has 0 aliphatic carbocycles. The van der Waals surface area contributed by atoms with Gasteiger partial charge in [-0.3, -0.25) is 4.79 Å². The summed E-state index contributed by atoms with van der Waals surface area (Å²) >= 11 is 5.88. The van der Waals surface area contributed by atoms with Gasteiger partial charge in [-0.25, -0.2) is 9.97 Å².